The number of nitrogens with one attached hydrogen (secondary N) is 1. The lowest BCUT2D eigenvalue weighted by Gasteiger charge is -2.12. The first-order chi connectivity index (χ1) is 7.38. The third-order valence-corrected chi connectivity index (χ3v) is 2.08. The Kier molecular flexibility index (Phi) is 5.43. The standard InChI is InChI=1S/C8H10F3N3O2.ClH/c9-8(10,11)6-5(3-13-14-6)4(1-2-12)7(15)16;/h3-4H,1-2,12H2,(H,13,14)(H,15,16);1H. The Hall–Kier alpha value is -1.28. The quantitative estimate of drug-likeness (QED) is 0.772. The van der Waals surface area contributed by atoms with Gasteiger partial charge in [-0.15, -0.1) is 12.4 Å². The minimum atomic E-state index is -4.64. The normalized spacial score (nSPS) is 12.9. The summed E-state index contributed by atoms with van der Waals surface area (Å²) in [5.74, 6) is -2.64. The fourth-order valence-electron chi connectivity index (χ4n) is 1.37. The third-order valence-electron chi connectivity index (χ3n) is 2.08. The molecule has 0 fully saturated rings. The number of rotatable bonds is 4. The van der Waals surface area contributed by atoms with Gasteiger partial charge in [0.05, 0.1) is 12.1 Å². The van der Waals surface area contributed by atoms with Gasteiger partial charge in [0.25, 0.3) is 0 Å². The summed E-state index contributed by atoms with van der Waals surface area (Å²) < 4.78 is 37.4. The molecule has 17 heavy (non-hydrogen) atoms. The first-order valence-corrected chi connectivity index (χ1v) is 4.41. The average molecular weight is 274 g/mol. The molecule has 0 radical (unpaired) electrons. The molecular formula is C8H11ClF3N3O2. The van der Waals surface area contributed by atoms with E-state index in [1.165, 1.54) is 0 Å². The van der Waals surface area contributed by atoms with Crippen molar-refractivity contribution in [3.05, 3.63) is 17.5 Å². The molecule has 0 spiro atoms. The van der Waals surface area contributed by atoms with Gasteiger partial charge < -0.3 is 10.8 Å². The molecule has 0 saturated heterocycles. The molecular weight excluding hydrogens is 263 g/mol. The molecule has 1 unspecified atom stereocenters. The molecule has 5 nitrogen and oxygen atoms in total. The number of halogens is 4. The van der Waals surface area contributed by atoms with Crippen LogP contribution in [0.3, 0.4) is 0 Å². The number of aromatic amines is 1. The predicted octanol–water partition coefficient (Wildman–Crippen LogP) is 1.37. The Bertz CT molecular complexity index is 380. The molecule has 0 amide bonds. The summed E-state index contributed by atoms with van der Waals surface area (Å²) in [5.41, 5.74) is 3.64. The second-order valence-electron chi connectivity index (χ2n) is 3.17. The van der Waals surface area contributed by atoms with Crippen LogP contribution >= 0.6 is 12.4 Å². The van der Waals surface area contributed by atoms with Crippen molar-refractivity contribution < 1.29 is 23.1 Å². The summed E-state index contributed by atoms with van der Waals surface area (Å²) in [7, 11) is 0. The number of hydrogen-bond donors (Lipinski definition) is 3. The molecule has 1 aromatic rings. The minimum Gasteiger partial charge on any atom is -0.481 e. The van der Waals surface area contributed by atoms with Gasteiger partial charge in [-0.25, -0.2) is 0 Å². The van der Waals surface area contributed by atoms with Crippen LogP contribution in [0.4, 0.5) is 13.2 Å². The van der Waals surface area contributed by atoms with Gasteiger partial charge in [0.1, 0.15) is 5.69 Å². The summed E-state index contributed by atoms with van der Waals surface area (Å²) in [4.78, 5) is 10.8. The van der Waals surface area contributed by atoms with Crippen molar-refractivity contribution >= 4 is 18.4 Å². The molecule has 9 heteroatoms. The zero-order chi connectivity index (χ0) is 12.3. The van der Waals surface area contributed by atoms with E-state index in [2.05, 4.69) is 5.10 Å². The van der Waals surface area contributed by atoms with Crippen LogP contribution in [0.2, 0.25) is 0 Å². The van der Waals surface area contributed by atoms with E-state index in [9.17, 15) is 18.0 Å². The van der Waals surface area contributed by atoms with E-state index in [1.54, 1.807) is 5.10 Å². The smallest absolute Gasteiger partial charge is 0.433 e. The van der Waals surface area contributed by atoms with Crippen molar-refractivity contribution in [3.63, 3.8) is 0 Å². The maximum absolute atomic E-state index is 12.5. The molecule has 1 heterocycles. The van der Waals surface area contributed by atoms with Gasteiger partial charge in [-0.2, -0.15) is 18.3 Å². The number of carboxylic acid groups (broad SMARTS) is 1. The lowest BCUT2D eigenvalue weighted by atomic mass is 9.96. The van der Waals surface area contributed by atoms with Crippen LogP contribution in [0.15, 0.2) is 6.20 Å². The first-order valence-electron chi connectivity index (χ1n) is 4.41. The Morgan fingerprint density at radius 3 is 2.59 bits per heavy atom. The van der Waals surface area contributed by atoms with Crippen LogP contribution in [0.25, 0.3) is 0 Å². The van der Waals surface area contributed by atoms with Crippen LogP contribution in [0.1, 0.15) is 23.6 Å². The summed E-state index contributed by atoms with van der Waals surface area (Å²) in [5, 5.41) is 13.8. The molecule has 0 aliphatic heterocycles. The summed E-state index contributed by atoms with van der Waals surface area (Å²) in [6, 6.07) is 0. The van der Waals surface area contributed by atoms with E-state index in [0.717, 1.165) is 6.20 Å². The van der Waals surface area contributed by atoms with E-state index < -0.39 is 23.8 Å². The summed E-state index contributed by atoms with van der Waals surface area (Å²) in [6.45, 7) is -0.0144. The molecule has 4 N–H and O–H groups in total. The highest BCUT2D eigenvalue weighted by Gasteiger charge is 2.38. The Labute approximate surface area is 101 Å². The van der Waals surface area contributed by atoms with Gasteiger partial charge in [-0.05, 0) is 13.0 Å². The fourth-order valence-corrected chi connectivity index (χ4v) is 1.37. The SMILES string of the molecule is Cl.NCCC(C(=O)O)c1cn[nH]c1C(F)(F)F. The van der Waals surface area contributed by atoms with Crippen molar-refractivity contribution in [1.29, 1.82) is 0 Å². The highest BCUT2D eigenvalue weighted by atomic mass is 35.5. The maximum Gasteiger partial charge on any atom is 0.433 e. The predicted molar refractivity (Wildman–Crippen MR) is 54.9 cm³/mol. The number of nitrogens with two attached hydrogens (primary N) is 1. The van der Waals surface area contributed by atoms with E-state index in [4.69, 9.17) is 10.8 Å². The van der Waals surface area contributed by atoms with Crippen molar-refractivity contribution in [3.8, 4) is 0 Å². The van der Waals surface area contributed by atoms with E-state index in [0.29, 0.717) is 0 Å². The summed E-state index contributed by atoms with van der Waals surface area (Å²) in [6.07, 6.45) is -3.84. The van der Waals surface area contributed by atoms with E-state index in [-0.39, 0.29) is 30.9 Å². The zero-order valence-corrected chi connectivity index (χ0v) is 9.31. The van der Waals surface area contributed by atoms with Crippen LogP contribution in [-0.4, -0.2) is 27.8 Å². The number of nitrogens with zero attached hydrogens (tertiary/aromatic N) is 1. The van der Waals surface area contributed by atoms with Gasteiger partial charge in [0, 0.05) is 5.56 Å². The number of H-pyrrole nitrogens is 1. The highest BCUT2D eigenvalue weighted by Crippen LogP contribution is 2.34. The Morgan fingerprint density at radius 1 is 1.59 bits per heavy atom. The van der Waals surface area contributed by atoms with Crippen LogP contribution in [0, 0.1) is 0 Å². The maximum atomic E-state index is 12.5. The average Bonchev–Trinajstić information content (AvgIpc) is 2.60. The second-order valence-corrected chi connectivity index (χ2v) is 3.17. The molecule has 0 bridgehead atoms. The van der Waals surface area contributed by atoms with E-state index >= 15 is 0 Å². The Morgan fingerprint density at radius 2 is 2.18 bits per heavy atom. The number of aromatic nitrogens is 2. The molecule has 1 rings (SSSR count). The summed E-state index contributed by atoms with van der Waals surface area (Å²) >= 11 is 0. The third kappa shape index (κ3) is 3.60. The van der Waals surface area contributed by atoms with Crippen molar-refractivity contribution in [2.24, 2.45) is 5.73 Å². The second kappa shape index (κ2) is 5.87. The molecule has 0 saturated carbocycles. The Balaban J connectivity index is 0.00000256. The highest BCUT2D eigenvalue weighted by molar-refractivity contribution is 5.85. The molecule has 0 aliphatic rings. The van der Waals surface area contributed by atoms with Crippen molar-refractivity contribution in [1.82, 2.24) is 10.2 Å². The number of carbonyl (C=O) groups is 1. The van der Waals surface area contributed by atoms with Gasteiger partial charge in [-0.3, -0.25) is 9.89 Å². The molecule has 98 valence electrons. The van der Waals surface area contributed by atoms with Gasteiger partial charge >= 0.3 is 12.1 Å². The van der Waals surface area contributed by atoms with Crippen LogP contribution in [-0.2, 0) is 11.0 Å². The van der Waals surface area contributed by atoms with Crippen molar-refractivity contribution in [2.45, 2.75) is 18.5 Å². The molecule has 1 atom stereocenters. The number of alkyl halides is 3. The minimum absolute atomic E-state index is 0. The zero-order valence-electron chi connectivity index (χ0n) is 8.49. The fraction of sp³-hybridized carbons (Fsp3) is 0.500. The van der Waals surface area contributed by atoms with Crippen LogP contribution < -0.4 is 5.73 Å². The molecule has 0 aromatic carbocycles. The van der Waals surface area contributed by atoms with Crippen molar-refractivity contribution in [2.75, 3.05) is 6.54 Å². The van der Waals surface area contributed by atoms with Gasteiger partial charge in [0.2, 0.25) is 0 Å². The number of carboxylic acids is 1. The van der Waals surface area contributed by atoms with Gasteiger partial charge in [-0.1, -0.05) is 0 Å². The van der Waals surface area contributed by atoms with Crippen LogP contribution in [0.5, 0.6) is 0 Å². The van der Waals surface area contributed by atoms with Gasteiger partial charge in [0.15, 0.2) is 0 Å². The molecule has 0 aliphatic carbocycles. The lowest BCUT2D eigenvalue weighted by molar-refractivity contribution is -0.143. The molecule has 1 aromatic heterocycles. The number of hydrogen-bond acceptors (Lipinski definition) is 3. The van der Waals surface area contributed by atoms with E-state index in [1.807, 2.05) is 0 Å². The largest absolute Gasteiger partial charge is 0.481 e. The topological polar surface area (TPSA) is 92.0 Å². The monoisotopic (exact) mass is 273 g/mol. The first kappa shape index (κ1) is 15.7. The lowest BCUT2D eigenvalue weighted by Crippen LogP contribution is -2.19. The number of aliphatic carboxylic acids is 1.